The van der Waals surface area contributed by atoms with E-state index in [-0.39, 0.29) is 11.8 Å². The first-order valence-corrected chi connectivity index (χ1v) is 8.47. The van der Waals surface area contributed by atoms with Gasteiger partial charge < -0.3 is 15.5 Å². The Morgan fingerprint density at radius 2 is 1.56 bits per heavy atom. The number of hydrogen-bond donors (Lipinski definition) is 2. The highest BCUT2D eigenvalue weighted by molar-refractivity contribution is 6.03. The minimum Gasteiger partial charge on any atom is -0.343 e. The first-order chi connectivity index (χ1) is 13.0. The Hall–Kier alpha value is -3.67. The Bertz CT molecular complexity index is 940. The van der Waals surface area contributed by atoms with Gasteiger partial charge in [-0.2, -0.15) is 0 Å². The van der Waals surface area contributed by atoms with Crippen molar-refractivity contribution in [2.45, 2.75) is 6.92 Å². The summed E-state index contributed by atoms with van der Waals surface area (Å²) in [5, 5.41) is 5.47. The van der Waals surface area contributed by atoms with E-state index >= 15 is 0 Å². The van der Waals surface area contributed by atoms with E-state index in [1.54, 1.807) is 36.5 Å². The molecule has 136 valence electrons. The molecule has 0 fully saturated rings. The summed E-state index contributed by atoms with van der Waals surface area (Å²) in [6, 6.07) is 20.4. The molecular formula is C21H20N4O2. The van der Waals surface area contributed by atoms with Crippen LogP contribution in [0.25, 0.3) is 0 Å². The topological polar surface area (TPSA) is 74.3 Å². The molecule has 1 aromatic heterocycles. The number of carbonyl (C=O) groups excluding carboxylic acids is 2. The number of nitrogens with zero attached hydrogens (tertiary/aromatic N) is 2. The van der Waals surface area contributed by atoms with Gasteiger partial charge in [-0.25, -0.2) is 4.98 Å². The zero-order chi connectivity index (χ0) is 19.2. The zero-order valence-corrected chi connectivity index (χ0v) is 15.1. The quantitative estimate of drug-likeness (QED) is 0.719. The summed E-state index contributed by atoms with van der Waals surface area (Å²) >= 11 is 0. The van der Waals surface area contributed by atoms with Crippen molar-refractivity contribution in [3.05, 3.63) is 78.6 Å². The smallest absolute Gasteiger partial charge is 0.274 e. The number of hydrogen-bond acceptors (Lipinski definition) is 4. The number of pyridine rings is 1. The van der Waals surface area contributed by atoms with Crippen molar-refractivity contribution in [1.29, 1.82) is 0 Å². The lowest BCUT2D eigenvalue weighted by Crippen LogP contribution is -2.15. The number of rotatable bonds is 5. The van der Waals surface area contributed by atoms with Crippen molar-refractivity contribution >= 4 is 34.6 Å². The van der Waals surface area contributed by atoms with E-state index < -0.39 is 0 Å². The number of aromatic nitrogens is 1. The summed E-state index contributed by atoms with van der Waals surface area (Å²) in [5.74, 6) is -0.484. The Morgan fingerprint density at radius 1 is 0.852 bits per heavy atom. The minimum absolute atomic E-state index is 0.168. The Morgan fingerprint density at radius 3 is 2.19 bits per heavy atom. The molecular weight excluding hydrogens is 340 g/mol. The van der Waals surface area contributed by atoms with Gasteiger partial charge in [0.2, 0.25) is 5.91 Å². The fourth-order valence-corrected chi connectivity index (χ4v) is 2.59. The molecule has 2 aromatic carbocycles. The number of nitrogens with one attached hydrogen (secondary N) is 2. The first kappa shape index (κ1) is 18.1. The summed E-state index contributed by atoms with van der Waals surface area (Å²) < 4.78 is 0. The maximum absolute atomic E-state index is 12.4. The van der Waals surface area contributed by atoms with Gasteiger partial charge in [-0.15, -0.1) is 0 Å². The van der Waals surface area contributed by atoms with Gasteiger partial charge in [0.05, 0.1) is 11.9 Å². The van der Waals surface area contributed by atoms with Crippen LogP contribution in [0.3, 0.4) is 0 Å². The van der Waals surface area contributed by atoms with E-state index in [0.29, 0.717) is 17.1 Å². The van der Waals surface area contributed by atoms with Crippen LogP contribution in [0.5, 0.6) is 0 Å². The highest BCUT2D eigenvalue weighted by Gasteiger charge is 2.10. The van der Waals surface area contributed by atoms with Crippen LogP contribution in [0.1, 0.15) is 17.4 Å². The molecule has 0 spiro atoms. The molecule has 0 saturated heterocycles. The van der Waals surface area contributed by atoms with Crippen molar-refractivity contribution in [2.24, 2.45) is 0 Å². The average molecular weight is 360 g/mol. The molecule has 1 heterocycles. The predicted octanol–water partition coefficient (Wildman–Crippen LogP) is 4.06. The molecule has 0 aliphatic rings. The number of anilines is 4. The molecule has 0 aliphatic carbocycles. The molecule has 0 saturated carbocycles. The second-order valence-electron chi connectivity index (χ2n) is 6.01. The van der Waals surface area contributed by atoms with E-state index in [1.807, 2.05) is 48.3 Å². The highest BCUT2D eigenvalue weighted by Crippen LogP contribution is 2.22. The molecule has 3 aromatic rings. The zero-order valence-electron chi connectivity index (χ0n) is 15.1. The molecule has 2 N–H and O–H groups in total. The Labute approximate surface area is 157 Å². The summed E-state index contributed by atoms with van der Waals surface area (Å²) in [7, 11) is 1.94. The molecule has 6 heteroatoms. The summed E-state index contributed by atoms with van der Waals surface area (Å²) in [5.41, 5.74) is 3.42. The van der Waals surface area contributed by atoms with Crippen LogP contribution in [0, 0.1) is 0 Å². The molecule has 27 heavy (non-hydrogen) atoms. The van der Waals surface area contributed by atoms with Crippen LogP contribution >= 0.6 is 0 Å². The minimum atomic E-state index is -0.316. The van der Waals surface area contributed by atoms with Crippen LogP contribution < -0.4 is 15.5 Å². The molecule has 0 aliphatic heterocycles. The van der Waals surface area contributed by atoms with E-state index in [9.17, 15) is 9.59 Å². The molecule has 6 nitrogen and oxygen atoms in total. The molecule has 3 rings (SSSR count). The Kier molecular flexibility index (Phi) is 5.47. The number of para-hydroxylation sites is 1. The third-order valence-electron chi connectivity index (χ3n) is 3.95. The summed E-state index contributed by atoms with van der Waals surface area (Å²) in [6.07, 6.45) is 1.66. The normalized spacial score (nSPS) is 10.1. The van der Waals surface area contributed by atoms with Crippen LogP contribution in [0.2, 0.25) is 0 Å². The largest absolute Gasteiger partial charge is 0.343 e. The van der Waals surface area contributed by atoms with E-state index in [1.165, 1.54) is 6.92 Å². The third-order valence-corrected chi connectivity index (χ3v) is 3.95. The molecule has 2 amide bonds. The third kappa shape index (κ3) is 4.70. The van der Waals surface area contributed by atoms with Crippen molar-refractivity contribution < 1.29 is 9.59 Å². The van der Waals surface area contributed by atoms with Crippen LogP contribution in [-0.4, -0.2) is 23.8 Å². The molecule has 0 bridgehead atoms. The van der Waals surface area contributed by atoms with Crippen molar-refractivity contribution in [2.75, 3.05) is 22.6 Å². The molecule has 0 radical (unpaired) electrons. The van der Waals surface area contributed by atoms with Gasteiger partial charge in [-0.05, 0) is 42.5 Å². The van der Waals surface area contributed by atoms with Gasteiger partial charge in [0.1, 0.15) is 5.69 Å². The fraction of sp³-hybridized carbons (Fsp3) is 0.0952. The van der Waals surface area contributed by atoms with Crippen LogP contribution in [-0.2, 0) is 4.79 Å². The van der Waals surface area contributed by atoms with E-state index in [2.05, 4.69) is 15.6 Å². The maximum atomic E-state index is 12.4. The number of amides is 2. The van der Waals surface area contributed by atoms with Gasteiger partial charge in [-0.3, -0.25) is 9.59 Å². The molecule has 0 atom stereocenters. The number of carbonyl (C=O) groups is 2. The van der Waals surface area contributed by atoms with Crippen molar-refractivity contribution in [3.8, 4) is 0 Å². The van der Waals surface area contributed by atoms with Gasteiger partial charge in [0.15, 0.2) is 0 Å². The van der Waals surface area contributed by atoms with Crippen LogP contribution in [0.4, 0.5) is 22.7 Å². The summed E-state index contributed by atoms with van der Waals surface area (Å²) in [6.45, 7) is 1.43. The Balaban J connectivity index is 1.70. The lowest BCUT2D eigenvalue weighted by atomic mass is 10.2. The van der Waals surface area contributed by atoms with Gasteiger partial charge >= 0.3 is 0 Å². The lowest BCUT2D eigenvalue weighted by Gasteiger charge is -2.19. The van der Waals surface area contributed by atoms with Crippen molar-refractivity contribution in [3.63, 3.8) is 0 Å². The lowest BCUT2D eigenvalue weighted by molar-refractivity contribution is -0.114. The van der Waals surface area contributed by atoms with E-state index in [0.717, 1.165) is 11.4 Å². The van der Waals surface area contributed by atoms with Crippen molar-refractivity contribution in [1.82, 2.24) is 4.98 Å². The standard InChI is InChI=1S/C21H20N4O2/c1-15(26)23-16-7-6-8-17(13-16)24-21(27)20-12-11-19(14-22-20)25(2)18-9-4-3-5-10-18/h3-14H,1-2H3,(H,23,26)(H,24,27). The fourth-order valence-electron chi connectivity index (χ4n) is 2.59. The highest BCUT2D eigenvalue weighted by atomic mass is 16.2. The second kappa shape index (κ2) is 8.14. The SMILES string of the molecule is CC(=O)Nc1cccc(NC(=O)c2ccc(N(C)c3ccccc3)cn2)c1. The second-order valence-corrected chi connectivity index (χ2v) is 6.01. The van der Waals surface area contributed by atoms with Crippen LogP contribution in [0.15, 0.2) is 72.9 Å². The number of benzene rings is 2. The first-order valence-electron chi connectivity index (χ1n) is 8.47. The van der Waals surface area contributed by atoms with E-state index in [4.69, 9.17) is 0 Å². The monoisotopic (exact) mass is 360 g/mol. The van der Waals surface area contributed by atoms with Gasteiger partial charge in [0, 0.05) is 31.0 Å². The average Bonchev–Trinajstić information content (AvgIpc) is 2.68. The predicted molar refractivity (Wildman–Crippen MR) is 107 cm³/mol. The van der Waals surface area contributed by atoms with Gasteiger partial charge in [-0.1, -0.05) is 24.3 Å². The van der Waals surface area contributed by atoms with Gasteiger partial charge in [0.25, 0.3) is 5.91 Å². The summed E-state index contributed by atoms with van der Waals surface area (Å²) in [4.78, 5) is 29.8. The molecule has 0 unspecified atom stereocenters. The maximum Gasteiger partial charge on any atom is 0.274 e.